The van der Waals surface area contributed by atoms with Crippen LogP contribution in [0.15, 0.2) is 11.6 Å². The molecule has 0 spiro atoms. The van der Waals surface area contributed by atoms with Crippen molar-refractivity contribution in [3.8, 4) is 0 Å². The average molecular weight is 247 g/mol. The van der Waals surface area contributed by atoms with Crippen molar-refractivity contribution < 1.29 is 23.2 Å². The first-order chi connectivity index (χ1) is 7.47. The van der Waals surface area contributed by atoms with Crippen molar-refractivity contribution in [2.24, 2.45) is 0 Å². The first-order valence-corrected chi connectivity index (χ1v) is 6.82. The fraction of sp³-hybridized carbons (Fsp3) is 0.700. The molecule has 0 aromatic carbocycles. The van der Waals surface area contributed by atoms with Crippen molar-refractivity contribution in [2.45, 2.75) is 25.8 Å². The van der Waals surface area contributed by atoms with Gasteiger partial charge in [0.15, 0.2) is 0 Å². The summed E-state index contributed by atoms with van der Waals surface area (Å²) in [5.41, 5.74) is -0.0275. The summed E-state index contributed by atoms with van der Waals surface area (Å²) in [7, 11) is 1.69. The van der Waals surface area contributed by atoms with Gasteiger partial charge in [-0.25, -0.2) is 0 Å². The molecule has 94 valence electrons. The Morgan fingerprint density at radius 3 is 2.00 bits per heavy atom. The molecule has 0 saturated carbocycles. The van der Waals surface area contributed by atoms with Gasteiger partial charge in [0.05, 0.1) is 5.97 Å². The number of carbonyl (C=O) groups is 1. The molecule has 16 heavy (non-hydrogen) atoms. The van der Waals surface area contributed by atoms with Crippen LogP contribution >= 0.6 is 0 Å². The molecule has 6 heteroatoms. The molecule has 1 atom stereocenters. The summed E-state index contributed by atoms with van der Waals surface area (Å²) in [6.45, 7) is 3.40. The summed E-state index contributed by atoms with van der Waals surface area (Å²) in [6.07, 6.45) is 2.25. The number of carbonyl (C=O) groups excluding carboxylic acids is 1. The molecule has 0 fully saturated rings. The highest BCUT2D eigenvalue weighted by Gasteiger charge is 2.45. The first-order valence-electron chi connectivity index (χ1n) is 5.02. The van der Waals surface area contributed by atoms with Gasteiger partial charge < -0.3 is 23.2 Å². The van der Waals surface area contributed by atoms with Gasteiger partial charge in [-0.05, 0) is 18.9 Å². The van der Waals surface area contributed by atoms with E-state index in [0.717, 1.165) is 0 Å². The quantitative estimate of drug-likeness (QED) is 0.479. The predicted molar refractivity (Wildman–Crippen MR) is 59.6 cm³/mol. The van der Waals surface area contributed by atoms with Crippen LogP contribution in [0.3, 0.4) is 0 Å². The number of hydrogen-bond acceptors (Lipinski definition) is 5. The molecule has 5 nitrogen and oxygen atoms in total. The second-order valence-corrected chi connectivity index (χ2v) is 6.54. The smallest absolute Gasteiger partial charge is 0.507 e. The predicted octanol–water partition coefficient (Wildman–Crippen LogP) is 0.341. The Morgan fingerprint density at radius 2 is 1.75 bits per heavy atom. The molecule has 0 aliphatic carbocycles. The standard InChI is InChI=1S/C10H20O5Si/c1-6-9(7-8(2)10(11)12)16(13-3,14-4)15-5/h7,9H,6H2,1-5H3,(H,11,12)/p-1/b8-7+. The monoisotopic (exact) mass is 247 g/mol. The normalized spacial score (nSPS) is 14.9. The maximum absolute atomic E-state index is 10.7. The molecule has 0 bridgehead atoms. The number of carboxylic acid groups (broad SMARTS) is 1. The Kier molecular flexibility index (Phi) is 6.50. The second-order valence-electron chi connectivity index (χ2n) is 3.37. The van der Waals surface area contributed by atoms with Crippen LogP contribution < -0.4 is 5.11 Å². The van der Waals surface area contributed by atoms with Crippen LogP contribution in [0.1, 0.15) is 20.3 Å². The van der Waals surface area contributed by atoms with E-state index in [1.165, 1.54) is 28.3 Å². The lowest BCUT2D eigenvalue weighted by atomic mass is 10.2. The van der Waals surface area contributed by atoms with Gasteiger partial charge in [-0.2, -0.15) is 0 Å². The van der Waals surface area contributed by atoms with Crippen molar-refractivity contribution in [3.05, 3.63) is 11.6 Å². The minimum absolute atomic E-state index is 0.162. The zero-order chi connectivity index (χ0) is 12.8. The number of allylic oxidation sites excluding steroid dienone is 1. The van der Waals surface area contributed by atoms with E-state index < -0.39 is 14.8 Å². The van der Waals surface area contributed by atoms with Crippen molar-refractivity contribution >= 4 is 14.8 Å². The van der Waals surface area contributed by atoms with E-state index in [1.807, 2.05) is 6.92 Å². The van der Waals surface area contributed by atoms with Crippen LogP contribution in [0.5, 0.6) is 0 Å². The maximum Gasteiger partial charge on any atom is 0.507 e. The van der Waals surface area contributed by atoms with E-state index in [9.17, 15) is 9.90 Å². The fourth-order valence-corrected chi connectivity index (χ4v) is 3.91. The van der Waals surface area contributed by atoms with Crippen molar-refractivity contribution in [1.82, 2.24) is 0 Å². The Morgan fingerprint density at radius 1 is 1.31 bits per heavy atom. The van der Waals surface area contributed by atoms with Crippen molar-refractivity contribution in [3.63, 3.8) is 0 Å². The topological polar surface area (TPSA) is 67.8 Å². The average Bonchev–Trinajstić information content (AvgIpc) is 2.29. The molecule has 0 amide bonds. The van der Waals surface area contributed by atoms with E-state index in [-0.39, 0.29) is 11.1 Å². The molecule has 0 aliphatic heterocycles. The molecule has 0 radical (unpaired) electrons. The van der Waals surface area contributed by atoms with Gasteiger partial charge in [0, 0.05) is 26.9 Å². The summed E-state index contributed by atoms with van der Waals surface area (Å²) in [5, 5.41) is 10.7. The molecular formula is C10H19O5Si-. The zero-order valence-corrected chi connectivity index (χ0v) is 11.4. The van der Waals surface area contributed by atoms with E-state index in [1.54, 1.807) is 6.08 Å². The zero-order valence-electron chi connectivity index (χ0n) is 10.4. The largest absolute Gasteiger partial charge is 0.545 e. The minimum Gasteiger partial charge on any atom is -0.545 e. The number of aliphatic carboxylic acids is 1. The van der Waals surface area contributed by atoms with Gasteiger partial charge >= 0.3 is 8.80 Å². The van der Waals surface area contributed by atoms with Crippen LogP contribution in [0.4, 0.5) is 0 Å². The highest BCUT2D eigenvalue weighted by atomic mass is 28.4. The summed E-state index contributed by atoms with van der Waals surface area (Å²) in [4.78, 5) is 10.7. The van der Waals surface area contributed by atoms with E-state index in [0.29, 0.717) is 6.42 Å². The van der Waals surface area contributed by atoms with E-state index >= 15 is 0 Å². The van der Waals surface area contributed by atoms with Crippen LogP contribution in [-0.2, 0) is 18.1 Å². The molecular weight excluding hydrogens is 228 g/mol. The van der Waals surface area contributed by atoms with Gasteiger partial charge in [-0.15, -0.1) is 0 Å². The van der Waals surface area contributed by atoms with Crippen LogP contribution in [-0.4, -0.2) is 36.1 Å². The van der Waals surface area contributed by atoms with Gasteiger partial charge in [0.25, 0.3) is 0 Å². The van der Waals surface area contributed by atoms with Gasteiger partial charge in [0.2, 0.25) is 0 Å². The molecule has 0 aliphatic rings. The Balaban J connectivity index is 5.10. The molecule has 0 aromatic rings. The summed E-state index contributed by atoms with van der Waals surface area (Å²) >= 11 is 0. The Bertz CT molecular complexity index is 252. The lowest BCUT2D eigenvalue weighted by Crippen LogP contribution is -2.47. The number of hydrogen-bond donors (Lipinski definition) is 0. The van der Waals surface area contributed by atoms with Crippen molar-refractivity contribution in [2.75, 3.05) is 21.3 Å². The van der Waals surface area contributed by atoms with Crippen LogP contribution in [0, 0.1) is 0 Å². The first kappa shape index (κ1) is 15.3. The van der Waals surface area contributed by atoms with Gasteiger partial charge in [-0.3, -0.25) is 0 Å². The summed E-state index contributed by atoms with van der Waals surface area (Å²) in [6, 6.07) is 0. The summed E-state index contributed by atoms with van der Waals surface area (Å²) in [5.74, 6) is -1.19. The SMILES string of the molecule is CCC(/C=C(\C)C(=O)[O-])[Si](OC)(OC)OC. The van der Waals surface area contributed by atoms with Gasteiger partial charge in [0.1, 0.15) is 0 Å². The Labute approximate surface area is 97.4 Å². The highest BCUT2D eigenvalue weighted by Crippen LogP contribution is 2.29. The molecule has 0 N–H and O–H groups in total. The lowest BCUT2D eigenvalue weighted by molar-refractivity contribution is -0.299. The fourth-order valence-electron chi connectivity index (χ4n) is 1.54. The highest BCUT2D eigenvalue weighted by molar-refractivity contribution is 6.62. The van der Waals surface area contributed by atoms with Crippen LogP contribution in [0.2, 0.25) is 5.54 Å². The molecule has 0 heterocycles. The molecule has 0 saturated heterocycles. The molecule has 0 aromatic heterocycles. The molecule has 1 unspecified atom stereocenters. The third-order valence-corrected chi connectivity index (χ3v) is 5.71. The third kappa shape index (κ3) is 3.41. The number of rotatable bonds is 7. The van der Waals surface area contributed by atoms with Crippen LogP contribution in [0.25, 0.3) is 0 Å². The number of carboxylic acids is 1. The Hall–Kier alpha value is -0.693. The lowest BCUT2D eigenvalue weighted by Gasteiger charge is -2.30. The van der Waals surface area contributed by atoms with E-state index in [2.05, 4.69) is 0 Å². The van der Waals surface area contributed by atoms with Crippen molar-refractivity contribution in [1.29, 1.82) is 0 Å². The minimum atomic E-state index is -2.82. The maximum atomic E-state index is 10.7. The van der Waals surface area contributed by atoms with Gasteiger partial charge in [-0.1, -0.05) is 13.0 Å². The molecule has 0 rings (SSSR count). The second kappa shape index (κ2) is 6.80. The van der Waals surface area contributed by atoms with E-state index in [4.69, 9.17) is 13.3 Å². The third-order valence-electron chi connectivity index (χ3n) is 2.52. The summed E-state index contributed by atoms with van der Waals surface area (Å²) < 4.78 is 15.9.